The standard InChI is InChI=1S/C13H10N4O2S/c18-13(19)11-12(9-4-2-1-3-5-9)17(16-15-11)7-10-6-14-8-20-10/h1-6,8H,7H2,(H,18,19). The van der Waals surface area contributed by atoms with Crippen LogP contribution < -0.4 is 0 Å². The first-order valence-electron chi connectivity index (χ1n) is 5.85. The summed E-state index contributed by atoms with van der Waals surface area (Å²) in [6, 6.07) is 9.26. The van der Waals surface area contributed by atoms with E-state index in [9.17, 15) is 9.90 Å². The van der Waals surface area contributed by atoms with Crippen molar-refractivity contribution in [2.75, 3.05) is 0 Å². The predicted octanol–water partition coefficient (Wildman–Crippen LogP) is 2.15. The third-order valence-corrected chi connectivity index (χ3v) is 3.54. The summed E-state index contributed by atoms with van der Waals surface area (Å²) in [5, 5.41) is 17.0. The lowest BCUT2D eigenvalue weighted by atomic mass is 10.1. The molecule has 1 N–H and O–H groups in total. The van der Waals surface area contributed by atoms with Crippen LogP contribution in [0, 0.1) is 0 Å². The van der Waals surface area contributed by atoms with Crippen LogP contribution in [-0.2, 0) is 6.54 Å². The van der Waals surface area contributed by atoms with E-state index in [4.69, 9.17) is 0 Å². The molecular weight excluding hydrogens is 276 g/mol. The lowest BCUT2D eigenvalue weighted by molar-refractivity contribution is 0.0691. The van der Waals surface area contributed by atoms with Crippen molar-refractivity contribution in [2.45, 2.75) is 6.54 Å². The summed E-state index contributed by atoms with van der Waals surface area (Å²) in [6.45, 7) is 0.454. The summed E-state index contributed by atoms with van der Waals surface area (Å²) in [6.07, 6.45) is 1.74. The van der Waals surface area contributed by atoms with Crippen LogP contribution in [0.25, 0.3) is 11.3 Å². The fourth-order valence-electron chi connectivity index (χ4n) is 1.92. The van der Waals surface area contributed by atoms with E-state index in [2.05, 4.69) is 15.3 Å². The van der Waals surface area contributed by atoms with Gasteiger partial charge in [0, 0.05) is 16.6 Å². The number of carbonyl (C=O) groups is 1. The SMILES string of the molecule is O=C(O)c1nnn(Cc2cncs2)c1-c1ccccc1. The quantitative estimate of drug-likeness (QED) is 0.794. The molecule has 0 spiro atoms. The van der Waals surface area contributed by atoms with E-state index in [1.807, 2.05) is 30.3 Å². The average molecular weight is 286 g/mol. The molecule has 1 aromatic carbocycles. The lowest BCUT2D eigenvalue weighted by Crippen LogP contribution is -2.05. The Hall–Kier alpha value is -2.54. The van der Waals surface area contributed by atoms with E-state index in [0.29, 0.717) is 12.2 Å². The molecule has 3 aromatic rings. The molecule has 3 rings (SSSR count). The van der Waals surface area contributed by atoms with Crippen molar-refractivity contribution in [3.05, 3.63) is 52.6 Å². The first-order chi connectivity index (χ1) is 9.75. The number of aromatic nitrogens is 4. The minimum atomic E-state index is -1.08. The van der Waals surface area contributed by atoms with Gasteiger partial charge in [-0.25, -0.2) is 9.48 Å². The van der Waals surface area contributed by atoms with Gasteiger partial charge in [0.05, 0.1) is 12.1 Å². The smallest absolute Gasteiger partial charge is 0.358 e. The zero-order chi connectivity index (χ0) is 13.9. The Morgan fingerprint density at radius 1 is 1.30 bits per heavy atom. The molecular formula is C13H10N4O2S. The minimum Gasteiger partial charge on any atom is -0.476 e. The Balaban J connectivity index is 2.09. The molecule has 0 aliphatic carbocycles. The summed E-state index contributed by atoms with van der Waals surface area (Å²) >= 11 is 1.49. The molecule has 0 unspecified atom stereocenters. The molecule has 0 saturated carbocycles. The van der Waals surface area contributed by atoms with Crippen molar-refractivity contribution in [1.29, 1.82) is 0 Å². The first-order valence-corrected chi connectivity index (χ1v) is 6.73. The summed E-state index contributed by atoms with van der Waals surface area (Å²) in [5.41, 5.74) is 2.97. The molecule has 0 bridgehead atoms. The molecule has 0 atom stereocenters. The van der Waals surface area contributed by atoms with E-state index in [-0.39, 0.29) is 5.69 Å². The van der Waals surface area contributed by atoms with Crippen molar-refractivity contribution in [2.24, 2.45) is 0 Å². The van der Waals surface area contributed by atoms with Crippen molar-refractivity contribution in [3.8, 4) is 11.3 Å². The van der Waals surface area contributed by atoms with Gasteiger partial charge in [-0.05, 0) is 0 Å². The molecule has 6 nitrogen and oxygen atoms in total. The second kappa shape index (κ2) is 5.22. The number of nitrogens with zero attached hydrogens (tertiary/aromatic N) is 4. The molecule has 0 amide bonds. The van der Waals surface area contributed by atoms with Crippen LogP contribution in [0.3, 0.4) is 0 Å². The molecule has 0 aliphatic heterocycles. The lowest BCUT2D eigenvalue weighted by Gasteiger charge is -2.05. The predicted molar refractivity (Wildman–Crippen MR) is 73.6 cm³/mol. The molecule has 2 aromatic heterocycles. The van der Waals surface area contributed by atoms with Gasteiger partial charge in [-0.1, -0.05) is 35.5 Å². The van der Waals surface area contributed by atoms with Crippen LogP contribution in [0.5, 0.6) is 0 Å². The van der Waals surface area contributed by atoms with Gasteiger partial charge in [0.25, 0.3) is 0 Å². The Morgan fingerprint density at radius 3 is 2.75 bits per heavy atom. The number of hydrogen-bond acceptors (Lipinski definition) is 5. The zero-order valence-electron chi connectivity index (χ0n) is 10.3. The van der Waals surface area contributed by atoms with Crippen LogP contribution in [0.4, 0.5) is 0 Å². The van der Waals surface area contributed by atoms with E-state index in [1.54, 1.807) is 16.4 Å². The molecule has 20 heavy (non-hydrogen) atoms. The number of carboxylic acids is 1. The minimum absolute atomic E-state index is 0.0410. The van der Waals surface area contributed by atoms with Gasteiger partial charge in [0.15, 0.2) is 5.69 Å². The number of carboxylic acid groups (broad SMARTS) is 1. The van der Waals surface area contributed by atoms with Crippen molar-refractivity contribution in [3.63, 3.8) is 0 Å². The fraction of sp³-hybridized carbons (Fsp3) is 0.0769. The molecule has 0 radical (unpaired) electrons. The van der Waals surface area contributed by atoms with Crippen LogP contribution >= 0.6 is 11.3 Å². The Morgan fingerprint density at radius 2 is 2.10 bits per heavy atom. The first kappa shape index (κ1) is 12.5. The van der Waals surface area contributed by atoms with Gasteiger partial charge in [0.1, 0.15) is 5.69 Å². The van der Waals surface area contributed by atoms with Crippen LogP contribution in [0.1, 0.15) is 15.4 Å². The second-order valence-electron chi connectivity index (χ2n) is 4.08. The summed E-state index contributed by atoms with van der Waals surface area (Å²) in [5.74, 6) is -1.08. The number of benzene rings is 1. The summed E-state index contributed by atoms with van der Waals surface area (Å²) in [4.78, 5) is 16.3. The monoisotopic (exact) mass is 286 g/mol. The van der Waals surface area contributed by atoms with Gasteiger partial charge >= 0.3 is 5.97 Å². The Kier molecular flexibility index (Phi) is 3.26. The maximum Gasteiger partial charge on any atom is 0.358 e. The molecule has 2 heterocycles. The highest BCUT2D eigenvalue weighted by molar-refractivity contribution is 7.09. The Bertz CT molecular complexity index is 722. The largest absolute Gasteiger partial charge is 0.476 e. The number of aromatic carboxylic acids is 1. The third kappa shape index (κ3) is 2.30. The van der Waals surface area contributed by atoms with Crippen molar-refractivity contribution < 1.29 is 9.90 Å². The maximum absolute atomic E-state index is 11.3. The normalized spacial score (nSPS) is 10.6. The highest BCUT2D eigenvalue weighted by atomic mass is 32.1. The highest BCUT2D eigenvalue weighted by Gasteiger charge is 2.20. The zero-order valence-corrected chi connectivity index (χ0v) is 11.1. The Labute approximate surface area is 118 Å². The van der Waals surface area contributed by atoms with E-state index in [0.717, 1.165) is 10.4 Å². The van der Waals surface area contributed by atoms with Crippen LogP contribution in [0.2, 0.25) is 0 Å². The number of hydrogen-bond donors (Lipinski definition) is 1. The van der Waals surface area contributed by atoms with Crippen LogP contribution in [-0.4, -0.2) is 31.1 Å². The molecule has 0 fully saturated rings. The van der Waals surface area contributed by atoms with E-state index in [1.165, 1.54) is 11.3 Å². The average Bonchev–Trinajstić information content (AvgIpc) is 3.09. The van der Waals surface area contributed by atoms with Gasteiger partial charge in [-0.3, -0.25) is 4.98 Å². The van der Waals surface area contributed by atoms with E-state index < -0.39 is 5.97 Å². The highest BCUT2D eigenvalue weighted by Crippen LogP contribution is 2.23. The second-order valence-corrected chi connectivity index (χ2v) is 5.05. The topological polar surface area (TPSA) is 80.9 Å². The fourth-order valence-corrected chi connectivity index (χ4v) is 2.49. The van der Waals surface area contributed by atoms with Crippen molar-refractivity contribution >= 4 is 17.3 Å². The molecule has 0 saturated heterocycles. The number of thiazole rings is 1. The summed E-state index contributed by atoms with van der Waals surface area (Å²) < 4.78 is 1.59. The summed E-state index contributed by atoms with van der Waals surface area (Å²) in [7, 11) is 0. The van der Waals surface area contributed by atoms with Crippen LogP contribution in [0.15, 0.2) is 42.0 Å². The molecule has 100 valence electrons. The van der Waals surface area contributed by atoms with Gasteiger partial charge in [-0.15, -0.1) is 16.4 Å². The van der Waals surface area contributed by atoms with Gasteiger partial charge < -0.3 is 5.11 Å². The molecule has 0 aliphatic rings. The van der Waals surface area contributed by atoms with Gasteiger partial charge in [0.2, 0.25) is 0 Å². The van der Waals surface area contributed by atoms with Gasteiger partial charge in [-0.2, -0.15) is 0 Å². The van der Waals surface area contributed by atoms with Crippen molar-refractivity contribution in [1.82, 2.24) is 20.0 Å². The van der Waals surface area contributed by atoms with E-state index >= 15 is 0 Å². The maximum atomic E-state index is 11.3. The molecule has 7 heteroatoms. The number of rotatable bonds is 4. The third-order valence-electron chi connectivity index (χ3n) is 2.77.